The van der Waals surface area contributed by atoms with Gasteiger partial charge in [-0.1, -0.05) is 55.6 Å². The van der Waals surface area contributed by atoms with Crippen LogP contribution in [0.4, 0.5) is 0 Å². The van der Waals surface area contributed by atoms with Crippen LogP contribution in [0.2, 0.25) is 33.3 Å². The van der Waals surface area contributed by atoms with Crippen LogP contribution < -0.4 is 15.0 Å². The summed E-state index contributed by atoms with van der Waals surface area (Å²) >= 11 is 19.4. The number of hydrogen-bond acceptors (Lipinski definition) is 5. The van der Waals surface area contributed by atoms with Crippen LogP contribution in [0.25, 0.3) is 22.0 Å². The van der Waals surface area contributed by atoms with E-state index in [0.717, 1.165) is 5.39 Å². The van der Waals surface area contributed by atoms with Gasteiger partial charge in [-0.25, -0.2) is 4.98 Å². The van der Waals surface area contributed by atoms with Gasteiger partial charge in [0.2, 0.25) is 0 Å². The van der Waals surface area contributed by atoms with Crippen LogP contribution in [0.5, 0.6) is 11.5 Å². The maximum atomic E-state index is 13.8. The van der Waals surface area contributed by atoms with Gasteiger partial charge in [-0.3, -0.25) is 4.79 Å². The van der Waals surface area contributed by atoms with Crippen LogP contribution in [0.3, 0.4) is 0 Å². The molecule has 35 heavy (non-hydrogen) atoms. The monoisotopic (exact) mass is 556 g/mol. The van der Waals surface area contributed by atoms with Crippen molar-refractivity contribution in [1.82, 2.24) is 9.55 Å². The zero-order chi connectivity index (χ0) is 26.1. The van der Waals surface area contributed by atoms with Crippen molar-refractivity contribution < 1.29 is 13.9 Å². The molecule has 0 saturated carbocycles. The third-order valence-electron chi connectivity index (χ3n) is 6.58. The molecule has 1 aromatic carbocycles. The van der Waals surface area contributed by atoms with Crippen LogP contribution in [0.15, 0.2) is 29.2 Å². The fourth-order valence-corrected chi connectivity index (χ4v) is 5.48. The smallest absolute Gasteiger partial charge is 0.259 e. The molecule has 190 valence electrons. The zero-order valence-electron chi connectivity index (χ0n) is 21.1. The lowest BCUT2D eigenvalue weighted by molar-refractivity contribution is 0.275. The van der Waals surface area contributed by atoms with E-state index < -0.39 is 8.32 Å². The highest BCUT2D eigenvalue weighted by atomic mass is 35.5. The minimum absolute atomic E-state index is 0.106. The molecule has 2 heterocycles. The van der Waals surface area contributed by atoms with E-state index in [9.17, 15) is 4.79 Å². The van der Waals surface area contributed by atoms with E-state index >= 15 is 0 Å². The Morgan fingerprint density at radius 3 is 2.14 bits per heavy atom. The lowest BCUT2D eigenvalue weighted by atomic mass is 10.0. The third-order valence-corrected chi connectivity index (χ3v) is 12.1. The Bertz CT molecular complexity index is 1270. The molecule has 0 unspecified atom stereocenters. The van der Waals surface area contributed by atoms with Crippen LogP contribution in [0, 0.1) is 0 Å². The Morgan fingerprint density at radius 2 is 1.60 bits per heavy atom. The first kappa shape index (κ1) is 27.8. The fraction of sp³-hybridized carbons (Fsp3) is 0.440. The van der Waals surface area contributed by atoms with E-state index in [2.05, 4.69) is 38.8 Å². The van der Waals surface area contributed by atoms with E-state index in [4.69, 9.17) is 48.7 Å². The standard InChI is InChI=1S/C25H31Cl3N2O4Si/c1-25(2,3)35(6,7)34-10-8-9-30-17-12-20(26)29-14-15(17)11-16(24(30)31)21-22(27)18(32-4)13-19(33-5)23(21)28/h11-14H,8-10H2,1-7H3. The molecule has 0 aliphatic heterocycles. The van der Waals surface area contributed by atoms with Crippen LogP contribution >= 0.6 is 34.8 Å². The lowest BCUT2D eigenvalue weighted by Gasteiger charge is -2.36. The molecule has 3 rings (SSSR count). The largest absolute Gasteiger partial charge is 0.495 e. The molecule has 0 aliphatic rings. The Hall–Kier alpha value is -1.77. The van der Waals surface area contributed by atoms with Crippen LogP contribution in [-0.4, -0.2) is 38.7 Å². The molecule has 6 nitrogen and oxygen atoms in total. The first-order valence-electron chi connectivity index (χ1n) is 11.3. The lowest BCUT2D eigenvalue weighted by Crippen LogP contribution is -2.41. The van der Waals surface area contributed by atoms with E-state index in [1.165, 1.54) is 14.2 Å². The first-order valence-corrected chi connectivity index (χ1v) is 15.3. The SMILES string of the molecule is COc1cc(OC)c(Cl)c(-c2cc3cnc(Cl)cc3n(CCCO[Si](C)(C)C(C)(C)C)c2=O)c1Cl. The van der Waals surface area contributed by atoms with Crippen molar-refractivity contribution in [2.24, 2.45) is 0 Å². The number of benzene rings is 1. The summed E-state index contributed by atoms with van der Waals surface area (Å²) in [4.78, 5) is 18.0. The predicted octanol–water partition coefficient (Wildman–Crippen LogP) is 7.45. The third kappa shape index (κ3) is 5.64. The Balaban J connectivity index is 2.12. The average Bonchev–Trinajstić information content (AvgIpc) is 2.78. The van der Waals surface area contributed by atoms with Gasteiger partial charge in [0.25, 0.3) is 5.56 Å². The Morgan fingerprint density at radius 1 is 1.00 bits per heavy atom. The summed E-state index contributed by atoms with van der Waals surface area (Å²) in [5.74, 6) is 0.705. The molecule has 2 aromatic heterocycles. The summed E-state index contributed by atoms with van der Waals surface area (Å²) in [6.45, 7) is 12.0. The highest BCUT2D eigenvalue weighted by Gasteiger charge is 2.36. The maximum absolute atomic E-state index is 13.8. The summed E-state index contributed by atoms with van der Waals surface area (Å²) in [5.41, 5.74) is 1.08. The molecule has 0 bridgehead atoms. The number of rotatable bonds is 8. The molecule has 0 saturated heterocycles. The molecular weight excluding hydrogens is 527 g/mol. The fourth-order valence-electron chi connectivity index (χ4n) is 3.54. The second-order valence-corrected chi connectivity index (χ2v) is 15.8. The second kappa shape index (κ2) is 10.7. The second-order valence-electron chi connectivity index (χ2n) is 9.83. The summed E-state index contributed by atoms with van der Waals surface area (Å²) in [6, 6.07) is 5.00. The maximum Gasteiger partial charge on any atom is 0.259 e. The molecule has 10 heteroatoms. The van der Waals surface area contributed by atoms with Gasteiger partial charge in [0.15, 0.2) is 8.32 Å². The number of nitrogens with zero attached hydrogens (tertiary/aromatic N) is 2. The minimum Gasteiger partial charge on any atom is -0.495 e. The van der Waals surface area contributed by atoms with E-state index in [0.29, 0.717) is 52.9 Å². The molecule has 0 N–H and O–H groups in total. The van der Waals surface area contributed by atoms with Gasteiger partial charge in [-0.2, -0.15) is 0 Å². The number of aryl methyl sites for hydroxylation is 1. The van der Waals surface area contributed by atoms with Crippen molar-refractivity contribution in [3.05, 3.63) is 49.9 Å². The van der Waals surface area contributed by atoms with Gasteiger partial charge in [-0.05, 0) is 36.7 Å². The van der Waals surface area contributed by atoms with E-state index in [-0.39, 0.29) is 20.6 Å². The molecular formula is C25H31Cl3N2O4Si. The van der Waals surface area contributed by atoms with Crippen molar-refractivity contribution >= 4 is 54.0 Å². The normalized spacial score (nSPS) is 12.3. The van der Waals surface area contributed by atoms with Gasteiger partial charge >= 0.3 is 0 Å². The van der Waals surface area contributed by atoms with Crippen molar-refractivity contribution in [3.8, 4) is 22.6 Å². The molecule has 0 fully saturated rings. The van der Waals surface area contributed by atoms with Crippen molar-refractivity contribution in [2.75, 3.05) is 20.8 Å². The Labute approximate surface area is 222 Å². The summed E-state index contributed by atoms with van der Waals surface area (Å²) < 4.78 is 18.8. The van der Waals surface area contributed by atoms with Gasteiger partial charge in [0.1, 0.15) is 16.7 Å². The van der Waals surface area contributed by atoms with E-state index in [1.54, 1.807) is 29.0 Å². The number of hydrogen-bond donors (Lipinski definition) is 0. The van der Waals surface area contributed by atoms with Crippen LogP contribution in [0.1, 0.15) is 27.2 Å². The highest BCUT2D eigenvalue weighted by Crippen LogP contribution is 2.45. The minimum atomic E-state index is -1.90. The topological polar surface area (TPSA) is 62.6 Å². The van der Waals surface area contributed by atoms with Gasteiger partial charge < -0.3 is 18.5 Å². The quantitative estimate of drug-likeness (QED) is 0.163. The summed E-state index contributed by atoms with van der Waals surface area (Å²) in [6.07, 6.45) is 2.27. The van der Waals surface area contributed by atoms with Gasteiger partial charge in [0.05, 0.1) is 35.3 Å². The molecule has 0 atom stereocenters. The first-order chi connectivity index (χ1) is 16.3. The number of fused-ring (bicyclic) bond motifs is 1. The molecule has 3 aromatic rings. The molecule has 0 radical (unpaired) electrons. The van der Waals surface area contributed by atoms with Crippen molar-refractivity contribution in [3.63, 3.8) is 0 Å². The average molecular weight is 558 g/mol. The number of halogens is 3. The van der Waals surface area contributed by atoms with E-state index in [1.807, 2.05) is 0 Å². The van der Waals surface area contributed by atoms with Crippen LogP contribution in [-0.2, 0) is 11.0 Å². The van der Waals surface area contributed by atoms with Gasteiger partial charge in [0, 0.05) is 36.4 Å². The van der Waals surface area contributed by atoms with Gasteiger partial charge in [-0.15, -0.1) is 0 Å². The molecule has 0 aliphatic carbocycles. The number of ether oxygens (including phenoxy) is 2. The summed E-state index contributed by atoms with van der Waals surface area (Å²) in [5, 5.41) is 1.58. The number of aromatic nitrogens is 2. The Kier molecular flexibility index (Phi) is 8.49. The number of pyridine rings is 2. The van der Waals surface area contributed by atoms with Crippen molar-refractivity contribution in [2.45, 2.75) is 51.9 Å². The summed E-state index contributed by atoms with van der Waals surface area (Å²) in [7, 11) is 1.08. The predicted molar refractivity (Wildman–Crippen MR) is 147 cm³/mol. The van der Waals surface area contributed by atoms with Crippen molar-refractivity contribution in [1.29, 1.82) is 0 Å². The number of methoxy groups -OCH3 is 2. The highest BCUT2D eigenvalue weighted by molar-refractivity contribution is 6.74. The molecule has 0 amide bonds. The zero-order valence-corrected chi connectivity index (χ0v) is 24.4. The molecule has 0 spiro atoms.